The number of hydrogen-bond donors (Lipinski definition) is 3. The van der Waals surface area contributed by atoms with E-state index in [4.69, 9.17) is 18.9 Å². The fourth-order valence-corrected chi connectivity index (χ4v) is 4.32. The zero-order chi connectivity index (χ0) is 24.9. The Kier molecular flexibility index (Phi) is 13.4. The van der Waals surface area contributed by atoms with Gasteiger partial charge < -0.3 is 34.3 Å². The third-order valence-corrected chi connectivity index (χ3v) is 6.40. The normalized spacial score (nSPS) is 27.6. The van der Waals surface area contributed by atoms with E-state index in [1.165, 1.54) is 0 Å². The summed E-state index contributed by atoms with van der Waals surface area (Å²) in [6.07, 6.45) is 5.23. The number of esters is 1. The van der Waals surface area contributed by atoms with Crippen LogP contribution in [0, 0.1) is 0 Å². The molecule has 2 aliphatic heterocycles. The summed E-state index contributed by atoms with van der Waals surface area (Å²) in [5, 5.41) is 29.6. The lowest BCUT2D eigenvalue weighted by Gasteiger charge is -2.32. The maximum Gasteiger partial charge on any atom is 0.308 e. The minimum Gasteiger partial charge on any atom is -0.481 e. The number of aliphatic carboxylic acids is 1. The molecule has 5 unspecified atom stereocenters. The SMILES string of the molecule is CCCCCCCC(CC(=O)O)OC(=O)CC(CCCCCCC)OC1OC2O[C@@H]2C(O)[C@@H]1O. The lowest BCUT2D eigenvalue weighted by atomic mass is 10.0. The first kappa shape index (κ1) is 29.0. The number of rotatable bonds is 19. The highest BCUT2D eigenvalue weighted by Gasteiger charge is 2.57. The van der Waals surface area contributed by atoms with Crippen molar-refractivity contribution in [3.63, 3.8) is 0 Å². The quantitative estimate of drug-likeness (QED) is 0.141. The minimum absolute atomic E-state index is 0.0721. The zero-order valence-electron chi connectivity index (χ0n) is 20.7. The van der Waals surface area contributed by atoms with Gasteiger partial charge in [-0.3, -0.25) is 9.59 Å². The van der Waals surface area contributed by atoms with Gasteiger partial charge in [-0.25, -0.2) is 0 Å². The smallest absolute Gasteiger partial charge is 0.308 e. The third kappa shape index (κ3) is 10.6. The Balaban J connectivity index is 1.88. The summed E-state index contributed by atoms with van der Waals surface area (Å²) in [6.45, 7) is 4.27. The summed E-state index contributed by atoms with van der Waals surface area (Å²) >= 11 is 0. The average Bonchev–Trinajstić information content (AvgIpc) is 3.56. The molecule has 0 aromatic heterocycles. The van der Waals surface area contributed by atoms with Crippen molar-refractivity contribution < 1.29 is 43.9 Å². The first-order valence-corrected chi connectivity index (χ1v) is 13.1. The zero-order valence-corrected chi connectivity index (χ0v) is 20.7. The van der Waals surface area contributed by atoms with Crippen molar-refractivity contribution in [2.24, 2.45) is 0 Å². The molecule has 2 heterocycles. The predicted molar refractivity (Wildman–Crippen MR) is 124 cm³/mol. The van der Waals surface area contributed by atoms with Crippen LogP contribution in [0.3, 0.4) is 0 Å². The number of ether oxygens (including phenoxy) is 4. The van der Waals surface area contributed by atoms with Crippen molar-refractivity contribution >= 4 is 11.9 Å². The molecule has 9 heteroatoms. The molecular formula is C25H44O9. The van der Waals surface area contributed by atoms with Crippen LogP contribution in [0.25, 0.3) is 0 Å². The topological polar surface area (TPSA) is 135 Å². The molecule has 34 heavy (non-hydrogen) atoms. The molecule has 0 spiro atoms. The Bertz CT molecular complexity index is 599. The van der Waals surface area contributed by atoms with Crippen LogP contribution in [0.4, 0.5) is 0 Å². The maximum atomic E-state index is 12.7. The Morgan fingerprint density at radius 3 is 1.97 bits per heavy atom. The van der Waals surface area contributed by atoms with Gasteiger partial charge in [0.15, 0.2) is 12.6 Å². The van der Waals surface area contributed by atoms with E-state index in [0.29, 0.717) is 12.8 Å². The summed E-state index contributed by atoms with van der Waals surface area (Å²) in [4.78, 5) is 23.9. The Morgan fingerprint density at radius 1 is 0.794 bits per heavy atom. The van der Waals surface area contributed by atoms with Gasteiger partial charge in [-0.1, -0.05) is 71.6 Å². The van der Waals surface area contributed by atoms with Gasteiger partial charge in [0.2, 0.25) is 0 Å². The molecule has 198 valence electrons. The van der Waals surface area contributed by atoms with Gasteiger partial charge >= 0.3 is 11.9 Å². The molecule has 3 N–H and O–H groups in total. The number of fused-ring (bicyclic) bond motifs is 1. The molecule has 0 aromatic rings. The van der Waals surface area contributed by atoms with E-state index in [1.54, 1.807) is 0 Å². The van der Waals surface area contributed by atoms with Crippen molar-refractivity contribution in [1.29, 1.82) is 0 Å². The number of hydrogen-bond acceptors (Lipinski definition) is 8. The van der Waals surface area contributed by atoms with Gasteiger partial charge in [0, 0.05) is 0 Å². The molecule has 9 nitrogen and oxygen atoms in total. The predicted octanol–water partition coefficient (Wildman–Crippen LogP) is 3.67. The molecule has 2 fully saturated rings. The Labute approximate surface area is 203 Å². The van der Waals surface area contributed by atoms with Crippen molar-refractivity contribution in [3.05, 3.63) is 0 Å². The van der Waals surface area contributed by atoms with Gasteiger partial charge in [0.1, 0.15) is 24.4 Å². The van der Waals surface area contributed by atoms with Crippen molar-refractivity contribution in [2.75, 3.05) is 0 Å². The van der Waals surface area contributed by atoms with E-state index in [-0.39, 0.29) is 12.8 Å². The van der Waals surface area contributed by atoms with Gasteiger partial charge in [0.05, 0.1) is 18.9 Å². The summed E-state index contributed by atoms with van der Waals surface area (Å²) in [7, 11) is 0. The minimum atomic E-state index is -1.27. The molecule has 7 atom stereocenters. The van der Waals surface area contributed by atoms with Crippen LogP contribution in [0.1, 0.15) is 104 Å². The van der Waals surface area contributed by atoms with E-state index < -0.39 is 55.0 Å². The fourth-order valence-electron chi connectivity index (χ4n) is 4.32. The summed E-state index contributed by atoms with van der Waals surface area (Å²) in [5.41, 5.74) is 0. The first-order chi connectivity index (χ1) is 16.3. The summed E-state index contributed by atoms with van der Waals surface area (Å²) in [6, 6.07) is 0. The Morgan fingerprint density at radius 2 is 1.38 bits per heavy atom. The van der Waals surface area contributed by atoms with E-state index >= 15 is 0 Å². The van der Waals surface area contributed by atoms with Gasteiger partial charge in [-0.05, 0) is 19.3 Å². The second-order valence-electron chi connectivity index (χ2n) is 9.53. The van der Waals surface area contributed by atoms with Gasteiger partial charge in [0.25, 0.3) is 0 Å². The molecule has 0 radical (unpaired) electrons. The monoisotopic (exact) mass is 488 g/mol. The van der Waals surface area contributed by atoms with Crippen molar-refractivity contribution in [2.45, 2.75) is 147 Å². The number of aliphatic hydroxyl groups is 2. The van der Waals surface area contributed by atoms with Crippen LogP contribution in [-0.2, 0) is 28.5 Å². The van der Waals surface area contributed by atoms with Crippen LogP contribution in [0.2, 0.25) is 0 Å². The molecule has 0 bridgehead atoms. The van der Waals surface area contributed by atoms with Crippen LogP contribution in [-0.4, -0.2) is 70.4 Å². The van der Waals surface area contributed by atoms with Gasteiger partial charge in [-0.15, -0.1) is 0 Å². The molecule has 2 aliphatic rings. The van der Waals surface area contributed by atoms with Crippen molar-refractivity contribution in [3.8, 4) is 0 Å². The summed E-state index contributed by atoms with van der Waals surface area (Å²) in [5.74, 6) is -1.52. The van der Waals surface area contributed by atoms with Crippen LogP contribution < -0.4 is 0 Å². The number of aliphatic hydroxyl groups excluding tert-OH is 2. The standard InChI is InChI=1S/C25H44O9/c1-3-5-7-9-11-13-17(15-19(26)27)31-20(28)16-18(14-12-10-8-6-4-2)32-24-22(30)21(29)23-25(33-23)34-24/h17-18,21-25,29-30H,3-16H2,1-2H3,(H,26,27)/t17?,18?,21?,22-,23+,24?,25?/m0/s1. The second kappa shape index (κ2) is 15.7. The van der Waals surface area contributed by atoms with E-state index in [1.807, 2.05) is 0 Å². The van der Waals surface area contributed by atoms with Gasteiger partial charge in [-0.2, -0.15) is 0 Å². The Hall–Kier alpha value is -1.26. The average molecular weight is 489 g/mol. The lowest BCUT2D eigenvalue weighted by molar-refractivity contribution is -0.261. The highest BCUT2D eigenvalue weighted by atomic mass is 16.8. The molecular weight excluding hydrogens is 444 g/mol. The number of carbonyl (C=O) groups is 2. The number of unbranched alkanes of at least 4 members (excludes halogenated alkanes) is 8. The number of carboxylic acid groups (broad SMARTS) is 1. The second-order valence-corrected chi connectivity index (χ2v) is 9.53. The van der Waals surface area contributed by atoms with Crippen LogP contribution in [0.5, 0.6) is 0 Å². The molecule has 0 aromatic carbocycles. The van der Waals surface area contributed by atoms with E-state index in [0.717, 1.165) is 64.2 Å². The molecule has 2 saturated heterocycles. The van der Waals surface area contributed by atoms with Crippen LogP contribution in [0.15, 0.2) is 0 Å². The largest absolute Gasteiger partial charge is 0.481 e. The number of epoxide rings is 1. The highest BCUT2D eigenvalue weighted by molar-refractivity contribution is 5.72. The van der Waals surface area contributed by atoms with Crippen LogP contribution >= 0.6 is 0 Å². The molecule has 0 amide bonds. The lowest BCUT2D eigenvalue weighted by Crippen LogP contribution is -2.50. The van der Waals surface area contributed by atoms with Crippen molar-refractivity contribution in [1.82, 2.24) is 0 Å². The van der Waals surface area contributed by atoms with E-state index in [2.05, 4.69) is 13.8 Å². The highest BCUT2D eigenvalue weighted by Crippen LogP contribution is 2.36. The third-order valence-electron chi connectivity index (χ3n) is 6.40. The van der Waals surface area contributed by atoms with E-state index in [9.17, 15) is 24.9 Å². The summed E-state index contributed by atoms with van der Waals surface area (Å²) < 4.78 is 22.1. The fraction of sp³-hybridized carbons (Fsp3) is 0.920. The first-order valence-electron chi connectivity index (χ1n) is 13.1. The number of carboxylic acids is 1. The molecule has 0 saturated carbocycles. The maximum absolute atomic E-state index is 12.7. The molecule has 2 rings (SSSR count). The number of carbonyl (C=O) groups excluding carboxylic acids is 1. The molecule has 0 aliphatic carbocycles.